The summed E-state index contributed by atoms with van der Waals surface area (Å²) in [5.41, 5.74) is 0. The first-order valence-electron chi connectivity index (χ1n) is 6.03. The van der Waals surface area contributed by atoms with Crippen molar-refractivity contribution in [3.05, 3.63) is 30.3 Å². The predicted molar refractivity (Wildman–Crippen MR) is 68.5 cm³/mol. The van der Waals surface area contributed by atoms with E-state index in [0.29, 0.717) is 11.7 Å². The lowest BCUT2D eigenvalue weighted by molar-refractivity contribution is 0.107. The molecular formula is C14H24O2. The van der Waals surface area contributed by atoms with Gasteiger partial charge in [-0.1, -0.05) is 45.4 Å². The molecule has 2 heteroatoms. The van der Waals surface area contributed by atoms with Crippen LogP contribution in [0.15, 0.2) is 30.3 Å². The molecule has 2 N–H and O–H groups in total. The molecule has 2 unspecified atom stereocenters. The molecule has 0 amide bonds. The van der Waals surface area contributed by atoms with E-state index in [1.807, 2.05) is 13.0 Å². The van der Waals surface area contributed by atoms with E-state index in [4.69, 9.17) is 5.11 Å². The Morgan fingerprint density at radius 1 is 1.12 bits per heavy atom. The average molecular weight is 224 g/mol. The van der Waals surface area contributed by atoms with E-state index in [1.54, 1.807) is 24.3 Å². The maximum absolute atomic E-state index is 9.26. The molecule has 0 saturated carbocycles. The summed E-state index contributed by atoms with van der Waals surface area (Å²) in [6.07, 6.45) is 3.14. The fraction of sp³-hybridized carbons (Fsp3) is 0.571. The lowest BCUT2D eigenvalue weighted by Gasteiger charge is -2.15. The highest BCUT2D eigenvalue weighted by atomic mass is 16.3. The largest absolute Gasteiger partial charge is 0.508 e. The van der Waals surface area contributed by atoms with Crippen LogP contribution in [0.2, 0.25) is 0 Å². The van der Waals surface area contributed by atoms with Gasteiger partial charge in [0.2, 0.25) is 0 Å². The van der Waals surface area contributed by atoms with Crippen molar-refractivity contribution >= 4 is 0 Å². The third kappa shape index (κ3) is 7.30. The highest BCUT2D eigenvalue weighted by Crippen LogP contribution is 2.12. The van der Waals surface area contributed by atoms with Gasteiger partial charge >= 0.3 is 0 Å². The summed E-state index contributed by atoms with van der Waals surface area (Å²) in [6.45, 7) is 6.29. The number of hydrogen-bond acceptors (Lipinski definition) is 2. The van der Waals surface area contributed by atoms with Crippen LogP contribution in [0.1, 0.15) is 40.0 Å². The number of rotatable bonds is 4. The molecule has 1 aromatic rings. The lowest BCUT2D eigenvalue weighted by Crippen LogP contribution is -2.15. The molecule has 0 spiro atoms. The van der Waals surface area contributed by atoms with Crippen molar-refractivity contribution in [3.63, 3.8) is 0 Å². The van der Waals surface area contributed by atoms with Gasteiger partial charge in [-0.15, -0.1) is 0 Å². The molecule has 0 heterocycles. The van der Waals surface area contributed by atoms with Gasteiger partial charge < -0.3 is 10.2 Å². The highest BCUT2D eigenvalue weighted by Gasteiger charge is 2.09. The van der Waals surface area contributed by atoms with Gasteiger partial charge in [0, 0.05) is 0 Å². The number of phenolic OH excluding ortho intramolecular Hbond substituents is 1. The minimum Gasteiger partial charge on any atom is -0.508 e. The van der Waals surface area contributed by atoms with Gasteiger partial charge in [-0.25, -0.2) is 0 Å². The second kappa shape index (κ2) is 9.22. The standard InChI is InChI=1S/C8H18O.C6H6O/c1-4-6-7(3)8(9)5-2;7-6-4-2-1-3-5-6/h7-9H,4-6H2,1-3H3;1-5,7H. The molecule has 0 radical (unpaired) electrons. The quantitative estimate of drug-likeness (QED) is 0.820. The van der Waals surface area contributed by atoms with Crippen LogP contribution in [0.5, 0.6) is 5.75 Å². The molecule has 0 saturated heterocycles. The summed E-state index contributed by atoms with van der Waals surface area (Å²) in [4.78, 5) is 0. The van der Waals surface area contributed by atoms with Crippen LogP contribution >= 0.6 is 0 Å². The first kappa shape index (κ1) is 15.0. The Morgan fingerprint density at radius 3 is 2.00 bits per heavy atom. The van der Waals surface area contributed by atoms with Crippen LogP contribution in [-0.4, -0.2) is 16.3 Å². The Kier molecular flexibility index (Phi) is 8.64. The van der Waals surface area contributed by atoms with Gasteiger partial charge in [-0.3, -0.25) is 0 Å². The molecular weight excluding hydrogens is 200 g/mol. The van der Waals surface area contributed by atoms with E-state index in [-0.39, 0.29) is 6.10 Å². The first-order chi connectivity index (χ1) is 7.61. The van der Waals surface area contributed by atoms with Gasteiger partial charge in [0.1, 0.15) is 5.75 Å². The van der Waals surface area contributed by atoms with Crippen LogP contribution in [0, 0.1) is 5.92 Å². The summed E-state index contributed by atoms with van der Waals surface area (Å²) in [5, 5.41) is 17.9. The van der Waals surface area contributed by atoms with Crippen molar-refractivity contribution in [1.29, 1.82) is 0 Å². The van der Waals surface area contributed by atoms with Crippen molar-refractivity contribution in [2.24, 2.45) is 5.92 Å². The SMILES string of the molecule is CCCC(C)C(O)CC.Oc1ccccc1. The first-order valence-corrected chi connectivity index (χ1v) is 6.03. The monoisotopic (exact) mass is 224 g/mol. The van der Waals surface area contributed by atoms with Crippen LogP contribution in [0.4, 0.5) is 0 Å². The third-order valence-electron chi connectivity index (χ3n) is 2.58. The zero-order valence-electron chi connectivity index (χ0n) is 10.6. The van der Waals surface area contributed by atoms with Crippen molar-refractivity contribution in [1.82, 2.24) is 0 Å². The molecule has 0 aliphatic carbocycles. The summed E-state index contributed by atoms with van der Waals surface area (Å²) >= 11 is 0. The zero-order valence-corrected chi connectivity index (χ0v) is 10.6. The van der Waals surface area contributed by atoms with E-state index >= 15 is 0 Å². The van der Waals surface area contributed by atoms with E-state index in [0.717, 1.165) is 12.8 Å². The fourth-order valence-corrected chi connectivity index (χ4v) is 1.48. The third-order valence-corrected chi connectivity index (χ3v) is 2.58. The maximum atomic E-state index is 9.26. The minimum atomic E-state index is -0.0788. The summed E-state index contributed by atoms with van der Waals surface area (Å²) in [6, 6.07) is 8.71. The fourth-order valence-electron chi connectivity index (χ4n) is 1.48. The Balaban J connectivity index is 0.000000288. The molecule has 0 aliphatic rings. The second-order valence-electron chi connectivity index (χ2n) is 4.08. The molecule has 1 rings (SSSR count). The van der Waals surface area contributed by atoms with E-state index in [2.05, 4.69) is 13.8 Å². The molecule has 0 aliphatic heterocycles. The number of aromatic hydroxyl groups is 1. The number of hydrogen-bond donors (Lipinski definition) is 2. The average Bonchev–Trinajstić information content (AvgIpc) is 2.30. The zero-order chi connectivity index (χ0) is 12.4. The molecule has 0 aromatic heterocycles. The molecule has 2 atom stereocenters. The number of aliphatic hydroxyl groups excluding tert-OH is 1. The summed E-state index contributed by atoms with van der Waals surface area (Å²) in [5.74, 6) is 0.808. The van der Waals surface area contributed by atoms with Crippen LogP contribution < -0.4 is 0 Å². The number of para-hydroxylation sites is 1. The number of benzene rings is 1. The lowest BCUT2D eigenvalue weighted by atomic mass is 9.98. The van der Waals surface area contributed by atoms with Gasteiger partial charge in [0.15, 0.2) is 0 Å². The Hall–Kier alpha value is -1.02. The molecule has 16 heavy (non-hydrogen) atoms. The Labute approximate surface area is 98.9 Å². The molecule has 2 nitrogen and oxygen atoms in total. The smallest absolute Gasteiger partial charge is 0.115 e. The van der Waals surface area contributed by atoms with Gasteiger partial charge in [0.05, 0.1) is 6.10 Å². The van der Waals surface area contributed by atoms with E-state index in [9.17, 15) is 5.11 Å². The molecule has 0 fully saturated rings. The molecule has 0 bridgehead atoms. The van der Waals surface area contributed by atoms with Crippen molar-refractivity contribution in [2.75, 3.05) is 0 Å². The van der Waals surface area contributed by atoms with Crippen molar-refractivity contribution in [3.8, 4) is 5.75 Å². The van der Waals surface area contributed by atoms with E-state index in [1.165, 1.54) is 6.42 Å². The number of phenols is 1. The van der Waals surface area contributed by atoms with Gasteiger partial charge in [-0.2, -0.15) is 0 Å². The van der Waals surface area contributed by atoms with Crippen LogP contribution in [-0.2, 0) is 0 Å². The van der Waals surface area contributed by atoms with Crippen molar-refractivity contribution < 1.29 is 10.2 Å². The summed E-state index contributed by atoms with van der Waals surface area (Å²) < 4.78 is 0. The molecule has 92 valence electrons. The topological polar surface area (TPSA) is 40.5 Å². The van der Waals surface area contributed by atoms with Crippen LogP contribution in [0.3, 0.4) is 0 Å². The normalized spacial score (nSPS) is 13.5. The van der Waals surface area contributed by atoms with Crippen LogP contribution in [0.25, 0.3) is 0 Å². The Morgan fingerprint density at radius 2 is 1.69 bits per heavy atom. The van der Waals surface area contributed by atoms with E-state index < -0.39 is 0 Å². The van der Waals surface area contributed by atoms with Crippen molar-refractivity contribution in [2.45, 2.75) is 46.1 Å². The maximum Gasteiger partial charge on any atom is 0.115 e. The number of aliphatic hydroxyl groups is 1. The minimum absolute atomic E-state index is 0.0788. The Bertz CT molecular complexity index is 246. The second-order valence-corrected chi connectivity index (χ2v) is 4.08. The summed E-state index contributed by atoms with van der Waals surface area (Å²) in [7, 11) is 0. The van der Waals surface area contributed by atoms with Gasteiger partial charge in [-0.05, 0) is 30.9 Å². The predicted octanol–water partition coefficient (Wildman–Crippen LogP) is 3.59. The van der Waals surface area contributed by atoms with Gasteiger partial charge in [0.25, 0.3) is 0 Å². The highest BCUT2D eigenvalue weighted by molar-refractivity contribution is 5.18. The molecule has 1 aromatic carbocycles.